The molecule has 0 saturated carbocycles. The van der Waals surface area contributed by atoms with Crippen LogP contribution in [0.1, 0.15) is 29.6 Å². The predicted molar refractivity (Wildman–Crippen MR) is 90.4 cm³/mol. The van der Waals surface area contributed by atoms with E-state index in [-0.39, 0.29) is 42.6 Å². The Hall–Kier alpha value is -1.26. The number of hydrogen-bond acceptors (Lipinski definition) is 6. The zero-order valence-corrected chi connectivity index (χ0v) is 15.3. The fraction of sp³-hybridized carbons (Fsp3) is 0.611. The molecule has 3 saturated heterocycles. The van der Waals surface area contributed by atoms with Crippen LogP contribution in [0.2, 0.25) is 0 Å². The molecule has 136 valence electrons. The number of fused-ring (bicyclic) bond motifs is 2. The van der Waals surface area contributed by atoms with Crippen molar-refractivity contribution >= 4 is 17.3 Å². The predicted octanol–water partition coefficient (Wildman–Crippen LogP) is -2.32. The fourth-order valence-corrected chi connectivity index (χ4v) is 4.14. The number of carboxylic acids is 1. The number of anilines is 2. The summed E-state index contributed by atoms with van der Waals surface area (Å²) >= 11 is 0. The number of aromatic carboxylic acids is 1. The Kier molecular flexibility index (Phi) is 5.83. The van der Waals surface area contributed by atoms with Gasteiger partial charge >= 0.3 is 18.9 Å². The quantitative estimate of drug-likeness (QED) is 0.612. The van der Waals surface area contributed by atoms with E-state index in [4.69, 9.17) is 4.74 Å². The maximum absolute atomic E-state index is 14.7. The zero-order chi connectivity index (χ0) is 17.6. The molecule has 0 aliphatic carbocycles. The number of benzene rings is 1. The molecule has 6 nitrogen and oxygen atoms in total. The van der Waals surface area contributed by atoms with Crippen LogP contribution in [0.25, 0.3) is 0 Å². The average molecular weight is 355 g/mol. The Balaban J connectivity index is 0.00000196. The van der Waals surface area contributed by atoms with Crippen molar-refractivity contribution in [2.24, 2.45) is 0 Å². The Morgan fingerprint density at radius 3 is 2.65 bits per heavy atom. The molecule has 0 amide bonds. The monoisotopic (exact) mass is 355 g/mol. The third-order valence-corrected chi connectivity index (χ3v) is 5.59. The van der Waals surface area contributed by atoms with Gasteiger partial charge in [-0.1, -0.05) is 0 Å². The van der Waals surface area contributed by atoms with Crippen molar-refractivity contribution in [2.75, 3.05) is 43.5 Å². The molecular weight excluding hydrogens is 332 g/mol. The summed E-state index contributed by atoms with van der Waals surface area (Å²) in [5.74, 6) is -1.68. The van der Waals surface area contributed by atoms with Crippen molar-refractivity contribution in [3.8, 4) is 0 Å². The van der Waals surface area contributed by atoms with Gasteiger partial charge in [0.15, 0.2) is 0 Å². The van der Waals surface area contributed by atoms with E-state index in [9.17, 15) is 14.3 Å². The molecule has 2 bridgehead atoms. The minimum atomic E-state index is -1.28. The zero-order valence-electron chi connectivity index (χ0n) is 15.3. The summed E-state index contributed by atoms with van der Waals surface area (Å²) in [5, 5.41) is 14.8. The second-order valence-corrected chi connectivity index (χ2v) is 7.36. The fourth-order valence-electron chi connectivity index (χ4n) is 4.14. The van der Waals surface area contributed by atoms with Crippen molar-refractivity contribution in [1.82, 2.24) is 4.90 Å². The van der Waals surface area contributed by atoms with Crippen LogP contribution in [0.15, 0.2) is 12.1 Å². The number of morpholine rings is 1. The molecule has 4 rings (SSSR count). The number of hydrogen-bond donors (Lipinski definition) is 1. The van der Waals surface area contributed by atoms with E-state index in [1.54, 1.807) is 0 Å². The van der Waals surface area contributed by atoms with Gasteiger partial charge in [0.05, 0.1) is 30.4 Å². The van der Waals surface area contributed by atoms with Crippen LogP contribution < -0.4 is 34.2 Å². The first kappa shape index (κ1) is 19.5. The Morgan fingerprint density at radius 2 is 2.08 bits per heavy atom. The second kappa shape index (κ2) is 7.77. The van der Waals surface area contributed by atoms with Gasteiger partial charge in [0, 0.05) is 23.8 Å². The molecule has 3 aliphatic heterocycles. The topological polar surface area (TPSA) is 67.9 Å². The van der Waals surface area contributed by atoms with Gasteiger partial charge in [0.25, 0.3) is 0 Å². The number of halogens is 1. The van der Waals surface area contributed by atoms with Crippen molar-refractivity contribution in [2.45, 2.75) is 37.5 Å². The van der Waals surface area contributed by atoms with Crippen molar-refractivity contribution < 1.29 is 37.9 Å². The van der Waals surface area contributed by atoms with E-state index in [0.29, 0.717) is 24.5 Å². The van der Waals surface area contributed by atoms with Crippen LogP contribution in [0, 0.1) is 5.82 Å². The molecule has 3 fully saturated rings. The molecule has 3 heterocycles. The van der Waals surface area contributed by atoms with E-state index in [1.807, 2.05) is 4.90 Å². The molecule has 26 heavy (non-hydrogen) atoms. The number of ether oxygens (including phenoxy) is 1. The van der Waals surface area contributed by atoms with Gasteiger partial charge in [-0.2, -0.15) is 0 Å². The first-order chi connectivity index (χ1) is 12.0. The summed E-state index contributed by atoms with van der Waals surface area (Å²) in [6.45, 7) is 3.06. The first-order valence-electron chi connectivity index (χ1n) is 8.89. The van der Waals surface area contributed by atoms with Gasteiger partial charge in [0.2, 0.25) is 0 Å². The number of carboxylic acid groups (broad SMARTS) is 1. The van der Waals surface area contributed by atoms with Crippen LogP contribution >= 0.6 is 0 Å². The van der Waals surface area contributed by atoms with Crippen LogP contribution in [0.5, 0.6) is 0 Å². The third kappa shape index (κ3) is 3.72. The van der Waals surface area contributed by atoms with Gasteiger partial charge in [0.1, 0.15) is 5.82 Å². The Labute approximate surface area is 164 Å². The summed E-state index contributed by atoms with van der Waals surface area (Å²) in [7, 11) is 2.06. The van der Waals surface area contributed by atoms with Gasteiger partial charge < -0.3 is 29.8 Å². The largest absolute Gasteiger partial charge is 1.00 e. The number of likely N-dealkylation sites (tertiary alicyclic amines) is 1. The Morgan fingerprint density at radius 1 is 1.35 bits per heavy atom. The molecule has 1 N–H and O–H groups in total. The first-order valence-corrected chi connectivity index (χ1v) is 8.89. The molecule has 1 aromatic carbocycles. The van der Waals surface area contributed by atoms with Gasteiger partial charge in [-0.25, -0.2) is 4.39 Å². The molecule has 0 aromatic heterocycles. The van der Waals surface area contributed by atoms with E-state index >= 15 is 0 Å². The van der Waals surface area contributed by atoms with Crippen molar-refractivity contribution in [3.63, 3.8) is 0 Å². The van der Waals surface area contributed by atoms with Gasteiger partial charge in [-0.3, -0.25) is 0 Å². The Bertz CT molecular complexity index is 682. The molecule has 0 spiro atoms. The van der Waals surface area contributed by atoms with E-state index in [1.165, 1.54) is 12.1 Å². The number of carbonyl (C=O) groups is 1. The molecule has 3 aliphatic rings. The second-order valence-electron chi connectivity index (χ2n) is 7.36. The molecule has 0 radical (unpaired) electrons. The summed E-state index contributed by atoms with van der Waals surface area (Å²) in [5.41, 5.74) is 0.680. The number of nitrogens with one attached hydrogen (secondary N) is 1. The van der Waals surface area contributed by atoms with E-state index in [2.05, 4.69) is 17.3 Å². The van der Waals surface area contributed by atoms with E-state index < -0.39 is 11.8 Å². The van der Waals surface area contributed by atoms with Crippen LogP contribution in [0.3, 0.4) is 0 Å². The summed E-state index contributed by atoms with van der Waals surface area (Å²) in [6.07, 6.45) is 2.79. The van der Waals surface area contributed by atoms with Crippen LogP contribution in [0.4, 0.5) is 15.8 Å². The molecular formula is C18H23FLiN3O3. The smallest absolute Gasteiger partial charge is 0.545 e. The molecule has 1 aromatic rings. The molecule has 0 unspecified atom stereocenters. The number of rotatable bonds is 4. The normalized spacial score (nSPS) is 26.0. The van der Waals surface area contributed by atoms with Crippen LogP contribution in [-0.2, 0) is 4.74 Å². The maximum Gasteiger partial charge on any atom is 1.00 e. The average Bonchev–Trinajstić information content (AvgIpc) is 3.20. The number of nitrogens with zero attached hydrogens (tertiary/aromatic N) is 2. The summed E-state index contributed by atoms with van der Waals surface area (Å²) < 4.78 is 20.3. The van der Waals surface area contributed by atoms with Gasteiger partial charge in [-0.15, -0.1) is 0 Å². The molecule has 2 atom stereocenters. The number of carbonyl (C=O) groups excluding carboxylic acids is 1. The minimum absolute atomic E-state index is 0. The van der Waals surface area contributed by atoms with Gasteiger partial charge in [-0.05, 0) is 51.5 Å². The maximum atomic E-state index is 14.7. The minimum Gasteiger partial charge on any atom is -0.545 e. The van der Waals surface area contributed by atoms with Crippen molar-refractivity contribution in [1.29, 1.82) is 0 Å². The summed E-state index contributed by atoms with van der Waals surface area (Å²) in [6, 6.07) is 3.01. The SMILES string of the molecule is CN1CCC(Nc2cc(F)c(N3C[C@@H]4C[C@H]3CO4)cc2C(=O)[O-])CC1.[Li+]. The van der Waals surface area contributed by atoms with E-state index in [0.717, 1.165) is 32.4 Å². The standard InChI is InChI=1S/C18H24FN3O3.Li/c1-21-4-2-11(3-5-21)20-16-8-15(19)17(7-14(16)18(23)24)22-9-13-6-12(22)10-25-13;/h7-8,11-13,20H,2-6,9-10H2,1H3,(H,23,24);/q;+1/p-1/t12-,13-;/m0./s1. The number of piperidine rings is 1. The third-order valence-electron chi connectivity index (χ3n) is 5.59. The summed E-state index contributed by atoms with van der Waals surface area (Å²) in [4.78, 5) is 15.8. The van der Waals surface area contributed by atoms with Crippen LogP contribution in [-0.4, -0.2) is 62.3 Å². The molecule has 8 heteroatoms. The van der Waals surface area contributed by atoms with Crippen molar-refractivity contribution in [3.05, 3.63) is 23.5 Å².